The topological polar surface area (TPSA) is 58.6 Å². The molecule has 1 aromatic rings. The minimum absolute atomic E-state index is 0.0300. The molecule has 0 spiro atoms. The zero-order chi connectivity index (χ0) is 13.5. The highest BCUT2D eigenvalue weighted by Gasteiger charge is 2.23. The molecule has 1 aliphatic heterocycles. The van der Waals surface area contributed by atoms with Crippen molar-refractivity contribution in [3.8, 4) is 11.8 Å². The Labute approximate surface area is 112 Å². The molecule has 0 saturated carbocycles. The lowest BCUT2D eigenvalue weighted by molar-refractivity contribution is -0.125. The largest absolute Gasteiger partial charge is 0.384 e. The molecule has 0 aromatic heterocycles. The molecule has 0 aliphatic carbocycles. The van der Waals surface area contributed by atoms with Crippen LogP contribution in [-0.2, 0) is 16.1 Å². The Hall–Kier alpha value is -1.83. The molecule has 1 aliphatic rings. The Morgan fingerprint density at radius 2 is 2.32 bits per heavy atom. The van der Waals surface area contributed by atoms with Crippen molar-refractivity contribution < 1.29 is 14.6 Å². The fraction of sp³-hybridized carbons (Fsp3) is 0.400. The van der Waals surface area contributed by atoms with Gasteiger partial charge in [0.05, 0.1) is 12.5 Å². The van der Waals surface area contributed by atoms with Crippen LogP contribution in [0.2, 0.25) is 0 Å². The van der Waals surface area contributed by atoms with E-state index < -0.39 is 0 Å². The molecule has 1 fully saturated rings. The van der Waals surface area contributed by atoms with Crippen molar-refractivity contribution in [3.63, 3.8) is 0 Å². The van der Waals surface area contributed by atoms with Gasteiger partial charge in [-0.25, -0.2) is 0 Å². The highest BCUT2D eigenvalue weighted by Crippen LogP contribution is 2.13. The van der Waals surface area contributed by atoms with E-state index in [2.05, 4.69) is 17.2 Å². The van der Waals surface area contributed by atoms with E-state index in [-0.39, 0.29) is 18.4 Å². The molecule has 100 valence electrons. The maximum absolute atomic E-state index is 11.9. The molecule has 1 amide bonds. The predicted molar refractivity (Wildman–Crippen MR) is 71.2 cm³/mol. The molecule has 0 radical (unpaired) electrons. The van der Waals surface area contributed by atoms with Crippen LogP contribution < -0.4 is 5.32 Å². The quantitative estimate of drug-likeness (QED) is 0.785. The molecular formula is C15H17NO3. The first-order chi connectivity index (χ1) is 9.31. The number of ether oxygens (including phenoxy) is 1. The molecule has 1 unspecified atom stereocenters. The van der Waals surface area contributed by atoms with E-state index in [1.807, 2.05) is 24.3 Å². The van der Waals surface area contributed by atoms with Gasteiger partial charge in [-0.3, -0.25) is 4.79 Å². The number of carbonyl (C=O) groups is 1. The molecule has 1 atom stereocenters. The smallest absolute Gasteiger partial charge is 0.225 e. The molecule has 19 heavy (non-hydrogen) atoms. The summed E-state index contributed by atoms with van der Waals surface area (Å²) < 4.78 is 5.20. The van der Waals surface area contributed by atoms with Gasteiger partial charge in [0.25, 0.3) is 0 Å². The maximum Gasteiger partial charge on any atom is 0.225 e. The molecule has 2 rings (SSSR count). The Morgan fingerprint density at radius 3 is 3.05 bits per heavy atom. The Kier molecular flexibility index (Phi) is 4.96. The first-order valence-electron chi connectivity index (χ1n) is 6.34. The number of carbonyl (C=O) groups excluding carboxylic acids is 1. The van der Waals surface area contributed by atoms with Crippen LogP contribution in [-0.4, -0.2) is 30.8 Å². The van der Waals surface area contributed by atoms with Gasteiger partial charge in [0.1, 0.15) is 6.61 Å². The molecule has 4 nitrogen and oxygen atoms in total. The lowest BCUT2D eigenvalue weighted by Gasteiger charge is -2.10. The Morgan fingerprint density at radius 1 is 1.47 bits per heavy atom. The Balaban J connectivity index is 1.97. The van der Waals surface area contributed by atoms with E-state index in [9.17, 15) is 4.79 Å². The van der Waals surface area contributed by atoms with E-state index in [4.69, 9.17) is 9.84 Å². The summed E-state index contributed by atoms with van der Waals surface area (Å²) in [5.41, 5.74) is 1.79. The summed E-state index contributed by atoms with van der Waals surface area (Å²) >= 11 is 0. The molecule has 1 saturated heterocycles. The number of hydrogen-bond acceptors (Lipinski definition) is 3. The summed E-state index contributed by atoms with van der Waals surface area (Å²) in [6.45, 7) is 1.46. The van der Waals surface area contributed by atoms with Crippen LogP contribution in [0.4, 0.5) is 0 Å². The number of rotatable bonds is 3. The highest BCUT2D eigenvalue weighted by molar-refractivity contribution is 5.79. The van der Waals surface area contributed by atoms with E-state index in [0.29, 0.717) is 19.8 Å². The Bertz CT molecular complexity index is 496. The number of aliphatic hydroxyl groups is 1. The summed E-state index contributed by atoms with van der Waals surface area (Å²) in [4.78, 5) is 11.9. The van der Waals surface area contributed by atoms with Crippen LogP contribution in [0.5, 0.6) is 0 Å². The van der Waals surface area contributed by atoms with Gasteiger partial charge in [0, 0.05) is 18.7 Å². The van der Waals surface area contributed by atoms with Gasteiger partial charge >= 0.3 is 0 Å². The van der Waals surface area contributed by atoms with Crippen molar-refractivity contribution in [3.05, 3.63) is 35.4 Å². The van der Waals surface area contributed by atoms with Gasteiger partial charge in [0.15, 0.2) is 0 Å². The van der Waals surface area contributed by atoms with Crippen LogP contribution in [0.15, 0.2) is 24.3 Å². The van der Waals surface area contributed by atoms with Gasteiger partial charge in [-0.1, -0.05) is 30.0 Å². The van der Waals surface area contributed by atoms with Crippen molar-refractivity contribution in [1.82, 2.24) is 5.32 Å². The van der Waals surface area contributed by atoms with Crippen molar-refractivity contribution in [2.75, 3.05) is 19.8 Å². The minimum atomic E-state index is -0.167. The number of aliphatic hydroxyl groups excluding tert-OH is 1. The first-order valence-corrected chi connectivity index (χ1v) is 6.34. The minimum Gasteiger partial charge on any atom is -0.384 e. The van der Waals surface area contributed by atoms with E-state index in [1.165, 1.54) is 0 Å². The molecule has 4 heteroatoms. The summed E-state index contributed by atoms with van der Waals surface area (Å²) in [7, 11) is 0. The normalized spacial score (nSPS) is 17.6. The van der Waals surface area contributed by atoms with Gasteiger partial charge < -0.3 is 15.2 Å². The molecule has 1 aromatic carbocycles. The number of hydrogen-bond donors (Lipinski definition) is 2. The predicted octanol–water partition coefficient (Wildman–Crippen LogP) is 0.683. The lowest BCUT2D eigenvalue weighted by Crippen LogP contribution is -2.30. The van der Waals surface area contributed by atoms with E-state index in [1.54, 1.807) is 0 Å². The van der Waals surface area contributed by atoms with Crippen LogP contribution in [0.1, 0.15) is 17.5 Å². The standard InChI is InChI=1S/C15H17NO3/c17-8-3-6-12-4-1-2-5-13(12)10-16-15(18)14-7-9-19-11-14/h1-2,4-5,14,17H,7-11H2,(H,16,18). The van der Waals surface area contributed by atoms with Crippen molar-refractivity contribution in [2.45, 2.75) is 13.0 Å². The molecule has 2 N–H and O–H groups in total. The van der Waals surface area contributed by atoms with Crippen LogP contribution in [0.3, 0.4) is 0 Å². The van der Waals surface area contributed by atoms with Gasteiger partial charge in [0.2, 0.25) is 5.91 Å². The third kappa shape index (κ3) is 3.82. The third-order valence-electron chi connectivity index (χ3n) is 3.07. The fourth-order valence-electron chi connectivity index (χ4n) is 2.00. The monoisotopic (exact) mass is 259 g/mol. The average molecular weight is 259 g/mol. The van der Waals surface area contributed by atoms with Gasteiger partial charge in [-0.2, -0.15) is 0 Å². The van der Waals surface area contributed by atoms with Crippen LogP contribution >= 0.6 is 0 Å². The molecule has 1 heterocycles. The zero-order valence-corrected chi connectivity index (χ0v) is 10.7. The van der Waals surface area contributed by atoms with E-state index >= 15 is 0 Å². The van der Waals surface area contributed by atoms with Gasteiger partial charge in [-0.15, -0.1) is 0 Å². The van der Waals surface area contributed by atoms with Crippen LogP contribution in [0, 0.1) is 17.8 Å². The maximum atomic E-state index is 11.9. The lowest BCUT2D eigenvalue weighted by atomic mass is 10.1. The van der Waals surface area contributed by atoms with Crippen molar-refractivity contribution in [1.29, 1.82) is 0 Å². The second-order valence-corrected chi connectivity index (χ2v) is 4.40. The molecular weight excluding hydrogens is 242 g/mol. The second kappa shape index (κ2) is 6.93. The fourth-order valence-corrected chi connectivity index (χ4v) is 2.00. The van der Waals surface area contributed by atoms with Crippen molar-refractivity contribution in [2.24, 2.45) is 5.92 Å². The summed E-state index contributed by atoms with van der Waals surface area (Å²) in [6.07, 6.45) is 0.789. The average Bonchev–Trinajstić information content (AvgIpc) is 2.97. The SMILES string of the molecule is O=C(NCc1ccccc1C#CCO)C1CCOC1. The van der Waals surface area contributed by atoms with Crippen LogP contribution in [0.25, 0.3) is 0 Å². The zero-order valence-electron chi connectivity index (χ0n) is 10.7. The summed E-state index contributed by atoms with van der Waals surface area (Å²) in [6, 6.07) is 7.59. The van der Waals surface area contributed by atoms with Gasteiger partial charge in [-0.05, 0) is 18.1 Å². The number of nitrogens with one attached hydrogen (secondary N) is 1. The summed E-state index contributed by atoms with van der Waals surface area (Å²) in [5.74, 6) is 5.50. The summed E-state index contributed by atoms with van der Waals surface area (Å²) in [5, 5.41) is 11.6. The third-order valence-corrected chi connectivity index (χ3v) is 3.07. The molecule has 0 bridgehead atoms. The first kappa shape index (κ1) is 13.6. The second-order valence-electron chi connectivity index (χ2n) is 4.40. The van der Waals surface area contributed by atoms with E-state index in [0.717, 1.165) is 17.5 Å². The number of amides is 1. The number of benzene rings is 1. The highest BCUT2D eigenvalue weighted by atomic mass is 16.5. The van der Waals surface area contributed by atoms with Crippen molar-refractivity contribution >= 4 is 5.91 Å².